The molecule has 0 aliphatic rings. The van der Waals surface area contributed by atoms with Gasteiger partial charge in [0, 0.05) is 21.6 Å². The van der Waals surface area contributed by atoms with E-state index in [1.165, 1.54) is 12.1 Å². The van der Waals surface area contributed by atoms with Gasteiger partial charge < -0.3 is 5.32 Å². The molecule has 112 valence electrons. The highest BCUT2D eigenvalue weighted by molar-refractivity contribution is 7.99. The van der Waals surface area contributed by atoms with Crippen LogP contribution in [0.5, 0.6) is 0 Å². The van der Waals surface area contributed by atoms with E-state index >= 15 is 0 Å². The second-order valence-electron chi connectivity index (χ2n) is 4.43. The van der Waals surface area contributed by atoms with Gasteiger partial charge in [-0.25, -0.2) is 4.39 Å². The largest absolute Gasteiger partial charge is 0.378 e. The Kier molecular flexibility index (Phi) is 5.42. The molecule has 1 nitrogen and oxygen atoms in total. The molecule has 0 heterocycles. The van der Waals surface area contributed by atoms with E-state index in [4.69, 9.17) is 11.6 Å². The highest BCUT2D eigenvalue weighted by atomic mass is 35.5. The zero-order chi connectivity index (χ0) is 15.4. The second kappa shape index (κ2) is 7.09. The zero-order valence-corrected chi connectivity index (χ0v) is 12.7. The molecule has 2 aromatic rings. The molecule has 0 spiro atoms. The lowest BCUT2D eigenvalue weighted by atomic mass is 10.1. The molecule has 0 saturated heterocycles. The van der Waals surface area contributed by atoms with E-state index in [9.17, 15) is 13.2 Å². The topological polar surface area (TPSA) is 12.0 Å². The monoisotopic (exact) mass is 331 g/mol. The zero-order valence-electron chi connectivity index (χ0n) is 11.1. The van der Waals surface area contributed by atoms with Crippen molar-refractivity contribution in [2.75, 3.05) is 5.32 Å². The van der Waals surface area contributed by atoms with Crippen molar-refractivity contribution in [1.29, 1.82) is 0 Å². The molecule has 2 rings (SSSR count). The van der Waals surface area contributed by atoms with Crippen LogP contribution < -0.4 is 5.32 Å². The minimum Gasteiger partial charge on any atom is -0.378 e. The van der Waals surface area contributed by atoms with Gasteiger partial charge in [-0.2, -0.15) is 8.78 Å². The quantitative estimate of drug-likeness (QED) is 0.678. The van der Waals surface area contributed by atoms with Gasteiger partial charge in [0.2, 0.25) is 0 Å². The smallest absolute Gasteiger partial charge is 0.288 e. The summed E-state index contributed by atoms with van der Waals surface area (Å²) in [7, 11) is 0. The summed E-state index contributed by atoms with van der Waals surface area (Å²) in [6, 6.07) is 10.8. The van der Waals surface area contributed by atoms with Gasteiger partial charge in [0.05, 0.1) is 0 Å². The molecule has 0 saturated carbocycles. The van der Waals surface area contributed by atoms with Gasteiger partial charge in [-0.1, -0.05) is 29.4 Å². The van der Waals surface area contributed by atoms with E-state index in [0.717, 1.165) is 11.3 Å². The summed E-state index contributed by atoms with van der Waals surface area (Å²) in [5.41, 5.74) is 1.55. The number of benzene rings is 2. The Morgan fingerprint density at radius 2 is 1.76 bits per heavy atom. The second-order valence-corrected chi connectivity index (χ2v) is 5.91. The third-order valence-corrected chi connectivity index (χ3v) is 3.94. The first-order chi connectivity index (χ1) is 9.95. The van der Waals surface area contributed by atoms with Crippen molar-refractivity contribution in [3.05, 3.63) is 58.9 Å². The minimum absolute atomic E-state index is 0.133. The molecule has 0 fully saturated rings. The average Bonchev–Trinajstić information content (AvgIpc) is 2.40. The fraction of sp³-hybridized carbons (Fsp3) is 0.200. The van der Waals surface area contributed by atoms with Crippen LogP contribution in [0.1, 0.15) is 18.5 Å². The van der Waals surface area contributed by atoms with Crippen LogP contribution in [0.3, 0.4) is 0 Å². The molecule has 1 unspecified atom stereocenters. The van der Waals surface area contributed by atoms with Gasteiger partial charge in [0.25, 0.3) is 5.76 Å². The maximum atomic E-state index is 13.0. The van der Waals surface area contributed by atoms with Crippen LogP contribution in [0.15, 0.2) is 47.4 Å². The summed E-state index contributed by atoms with van der Waals surface area (Å²) in [6.45, 7) is 1.89. The minimum atomic E-state index is -2.43. The predicted molar refractivity (Wildman–Crippen MR) is 81.8 cm³/mol. The van der Waals surface area contributed by atoms with E-state index in [1.807, 2.05) is 6.92 Å². The Morgan fingerprint density at radius 1 is 1.10 bits per heavy atom. The summed E-state index contributed by atoms with van der Waals surface area (Å²) < 4.78 is 37.5. The number of thioether (sulfide) groups is 1. The van der Waals surface area contributed by atoms with Gasteiger partial charge in [-0.05, 0) is 48.9 Å². The lowest BCUT2D eigenvalue weighted by molar-refractivity contribution is 0.252. The van der Waals surface area contributed by atoms with Crippen LogP contribution in [0.2, 0.25) is 5.02 Å². The molecule has 2 aromatic carbocycles. The molecule has 0 bridgehead atoms. The van der Waals surface area contributed by atoms with Gasteiger partial charge in [0.1, 0.15) is 5.82 Å². The third kappa shape index (κ3) is 4.58. The molecule has 0 amide bonds. The molecule has 0 aromatic heterocycles. The van der Waals surface area contributed by atoms with E-state index in [0.29, 0.717) is 21.7 Å². The Labute approximate surface area is 130 Å². The number of hydrogen-bond donors (Lipinski definition) is 1. The van der Waals surface area contributed by atoms with E-state index in [-0.39, 0.29) is 11.9 Å². The van der Waals surface area contributed by atoms with Gasteiger partial charge in [-0.3, -0.25) is 0 Å². The molecule has 0 radical (unpaired) electrons. The third-order valence-electron chi connectivity index (χ3n) is 2.89. The van der Waals surface area contributed by atoms with Gasteiger partial charge in [-0.15, -0.1) is 0 Å². The molecule has 0 aliphatic carbocycles. The van der Waals surface area contributed by atoms with Crippen LogP contribution in [0.4, 0.5) is 18.9 Å². The summed E-state index contributed by atoms with van der Waals surface area (Å²) in [6.07, 6.45) is 0. The number of alkyl halides is 2. The SMILES string of the molecule is CC(Nc1ccc(SC(F)F)cc1)c1ccc(F)cc1Cl. The number of nitrogens with one attached hydrogen (secondary N) is 1. The van der Waals surface area contributed by atoms with Crippen LogP contribution >= 0.6 is 23.4 Å². The highest BCUT2D eigenvalue weighted by Crippen LogP contribution is 2.29. The fourth-order valence-electron chi connectivity index (χ4n) is 1.91. The van der Waals surface area contributed by atoms with Gasteiger partial charge >= 0.3 is 0 Å². The molecular weight excluding hydrogens is 319 g/mol. The number of rotatable bonds is 5. The first-order valence-corrected chi connectivity index (χ1v) is 7.48. The van der Waals surface area contributed by atoms with Crippen molar-refractivity contribution in [1.82, 2.24) is 0 Å². The molecule has 0 aliphatic heterocycles. The molecule has 6 heteroatoms. The lowest BCUT2D eigenvalue weighted by Gasteiger charge is -2.17. The van der Waals surface area contributed by atoms with E-state index in [2.05, 4.69) is 5.32 Å². The first kappa shape index (κ1) is 16.0. The van der Waals surface area contributed by atoms with Crippen molar-refractivity contribution in [2.45, 2.75) is 23.6 Å². The fourth-order valence-corrected chi connectivity index (χ4v) is 2.74. The first-order valence-electron chi connectivity index (χ1n) is 6.22. The Morgan fingerprint density at radius 3 is 2.33 bits per heavy atom. The maximum Gasteiger partial charge on any atom is 0.288 e. The van der Waals surface area contributed by atoms with E-state index in [1.54, 1.807) is 30.3 Å². The normalized spacial score (nSPS) is 12.5. The summed E-state index contributed by atoms with van der Waals surface area (Å²) in [5.74, 6) is -2.81. The van der Waals surface area contributed by atoms with Crippen LogP contribution in [0.25, 0.3) is 0 Å². The molecular formula is C15H13ClF3NS. The van der Waals surface area contributed by atoms with Crippen LogP contribution in [-0.2, 0) is 0 Å². The summed E-state index contributed by atoms with van der Waals surface area (Å²) >= 11 is 6.51. The Balaban J connectivity index is 2.06. The predicted octanol–water partition coefficient (Wildman–Crippen LogP) is 5.97. The maximum absolute atomic E-state index is 13.0. The molecule has 1 N–H and O–H groups in total. The van der Waals surface area contributed by atoms with Crippen molar-refractivity contribution >= 4 is 29.1 Å². The number of halogens is 4. The summed E-state index contributed by atoms with van der Waals surface area (Å²) in [4.78, 5) is 0.503. The van der Waals surface area contributed by atoms with Gasteiger partial charge in [0.15, 0.2) is 0 Å². The lowest BCUT2D eigenvalue weighted by Crippen LogP contribution is -2.07. The van der Waals surface area contributed by atoms with Crippen molar-refractivity contribution in [3.63, 3.8) is 0 Å². The molecule has 1 atom stereocenters. The molecule has 21 heavy (non-hydrogen) atoms. The van der Waals surface area contributed by atoms with Crippen molar-refractivity contribution in [2.24, 2.45) is 0 Å². The Hall–Kier alpha value is -1.33. The van der Waals surface area contributed by atoms with Crippen molar-refractivity contribution < 1.29 is 13.2 Å². The Bertz CT molecular complexity index is 604. The van der Waals surface area contributed by atoms with E-state index < -0.39 is 5.76 Å². The van der Waals surface area contributed by atoms with Crippen molar-refractivity contribution in [3.8, 4) is 0 Å². The number of hydrogen-bond acceptors (Lipinski definition) is 2. The standard InChI is InChI=1S/C15H13ClF3NS/c1-9(13-7-2-10(17)8-14(13)16)20-11-3-5-12(6-4-11)21-15(18)19/h2-9,15,20H,1H3. The number of anilines is 1. The highest BCUT2D eigenvalue weighted by Gasteiger charge is 2.11. The van der Waals surface area contributed by atoms with Crippen LogP contribution in [0, 0.1) is 5.82 Å². The average molecular weight is 332 g/mol. The summed E-state index contributed by atoms with van der Waals surface area (Å²) in [5, 5.41) is 3.54. The van der Waals surface area contributed by atoms with Crippen LogP contribution in [-0.4, -0.2) is 5.76 Å².